The Morgan fingerprint density at radius 2 is 2.00 bits per heavy atom. The van der Waals surface area contributed by atoms with Crippen LogP contribution in [0.5, 0.6) is 0 Å². The normalized spacial score (nSPS) is 13.6. The fourth-order valence-electron chi connectivity index (χ4n) is 3.32. The van der Waals surface area contributed by atoms with Crippen molar-refractivity contribution in [3.8, 4) is 0 Å². The van der Waals surface area contributed by atoms with Gasteiger partial charge in [-0.15, -0.1) is 0 Å². The number of carbonyl (C=O) groups excluding carboxylic acids is 2. The van der Waals surface area contributed by atoms with E-state index in [4.69, 9.17) is 0 Å². The number of anilines is 1. The number of aryl methyl sites for hydroxylation is 1. The Kier molecular flexibility index (Phi) is 6.17. The first-order chi connectivity index (χ1) is 13.3. The van der Waals surface area contributed by atoms with Crippen LogP contribution in [-0.2, 0) is 17.8 Å². The van der Waals surface area contributed by atoms with Crippen LogP contribution in [0, 0.1) is 19.8 Å². The topological polar surface area (TPSA) is 76.0 Å². The molecule has 28 heavy (non-hydrogen) atoms. The zero-order valence-electron chi connectivity index (χ0n) is 17.2. The summed E-state index contributed by atoms with van der Waals surface area (Å²) in [7, 11) is 0. The maximum Gasteiger partial charge on any atom is 0.251 e. The van der Waals surface area contributed by atoms with Crippen molar-refractivity contribution < 1.29 is 9.59 Å². The second-order valence-corrected chi connectivity index (χ2v) is 8.10. The molecular weight excluding hydrogens is 352 g/mol. The number of nitrogens with one attached hydrogen (secondary N) is 2. The van der Waals surface area contributed by atoms with Crippen molar-refractivity contribution in [3.05, 3.63) is 46.8 Å². The Bertz CT molecular complexity index is 865. The summed E-state index contributed by atoms with van der Waals surface area (Å²) in [6.45, 7) is 9.29. The summed E-state index contributed by atoms with van der Waals surface area (Å²) in [6, 6.07) is 7.41. The molecule has 2 aromatic rings. The Hall–Kier alpha value is -2.63. The molecule has 0 spiro atoms. The van der Waals surface area contributed by atoms with Crippen molar-refractivity contribution in [2.24, 2.45) is 5.92 Å². The van der Waals surface area contributed by atoms with E-state index in [1.54, 1.807) is 18.2 Å². The van der Waals surface area contributed by atoms with Gasteiger partial charge in [0.25, 0.3) is 5.91 Å². The monoisotopic (exact) mass is 382 g/mol. The fourth-order valence-corrected chi connectivity index (χ4v) is 3.32. The first-order valence-corrected chi connectivity index (χ1v) is 10.1. The van der Waals surface area contributed by atoms with Crippen molar-refractivity contribution in [1.29, 1.82) is 0 Å². The minimum Gasteiger partial charge on any atom is -0.349 e. The van der Waals surface area contributed by atoms with E-state index in [0.717, 1.165) is 36.3 Å². The average Bonchev–Trinajstić information content (AvgIpc) is 3.40. The fraction of sp³-hybridized carbons (Fsp3) is 0.500. The standard InChI is InChI=1S/C22H30N4O2/c1-14(2)13-26-16(4)20(15(3)25-26)10-11-21(27)23-19-7-5-6-17(12-19)22(28)24-18-8-9-18/h5-7,12,14,18H,8-11,13H2,1-4H3,(H,23,27)(H,24,28). The van der Waals surface area contributed by atoms with E-state index < -0.39 is 0 Å². The molecule has 0 bridgehead atoms. The minimum absolute atomic E-state index is 0.0600. The first kappa shape index (κ1) is 20.1. The van der Waals surface area contributed by atoms with E-state index >= 15 is 0 Å². The lowest BCUT2D eigenvalue weighted by Gasteiger charge is -2.09. The summed E-state index contributed by atoms with van der Waals surface area (Å²) in [4.78, 5) is 24.6. The predicted octanol–water partition coefficient (Wildman–Crippen LogP) is 3.62. The molecule has 0 atom stereocenters. The molecular formula is C22H30N4O2. The van der Waals surface area contributed by atoms with Crippen molar-refractivity contribution >= 4 is 17.5 Å². The smallest absolute Gasteiger partial charge is 0.251 e. The highest BCUT2D eigenvalue weighted by Crippen LogP contribution is 2.20. The summed E-state index contributed by atoms with van der Waals surface area (Å²) in [5, 5.41) is 10.5. The van der Waals surface area contributed by atoms with Gasteiger partial charge in [-0.25, -0.2) is 0 Å². The number of nitrogens with zero attached hydrogens (tertiary/aromatic N) is 2. The van der Waals surface area contributed by atoms with E-state index in [9.17, 15) is 9.59 Å². The van der Waals surface area contributed by atoms with Gasteiger partial charge in [-0.1, -0.05) is 19.9 Å². The summed E-state index contributed by atoms with van der Waals surface area (Å²) in [6.07, 6.45) is 3.14. The molecule has 2 N–H and O–H groups in total. The highest BCUT2D eigenvalue weighted by atomic mass is 16.2. The van der Waals surface area contributed by atoms with Gasteiger partial charge in [-0.2, -0.15) is 5.10 Å². The van der Waals surface area contributed by atoms with E-state index in [0.29, 0.717) is 36.1 Å². The third-order valence-corrected chi connectivity index (χ3v) is 4.99. The lowest BCUT2D eigenvalue weighted by molar-refractivity contribution is -0.116. The largest absolute Gasteiger partial charge is 0.349 e. The molecule has 1 aromatic carbocycles. The molecule has 2 amide bonds. The van der Waals surface area contributed by atoms with Gasteiger partial charge < -0.3 is 10.6 Å². The Morgan fingerprint density at radius 3 is 2.68 bits per heavy atom. The maximum absolute atomic E-state index is 12.4. The van der Waals surface area contributed by atoms with Crippen LogP contribution in [0.15, 0.2) is 24.3 Å². The second kappa shape index (κ2) is 8.59. The van der Waals surface area contributed by atoms with Crippen LogP contribution < -0.4 is 10.6 Å². The number of hydrogen-bond donors (Lipinski definition) is 2. The molecule has 1 heterocycles. The number of hydrogen-bond acceptors (Lipinski definition) is 3. The van der Waals surface area contributed by atoms with E-state index in [1.807, 2.05) is 17.7 Å². The van der Waals surface area contributed by atoms with E-state index in [-0.39, 0.29) is 11.8 Å². The maximum atomic E-state index is 12.4. The Balaban J connectivity index is 1.57. The summed E-state index contributed by atoms with van der Waals surface area (Å²) >= 11 is 0. The zero-order chi connectivity index (χ0) is 20.3. The van der Waals surface area contributed by atoms with Crippen LogP contribution in [0.4, 0.5) is 5.69 Å². The lowest BCUT2D eigenvalue weighted by Crippen LogP contribution is -2.25. The van der Waals surface area contributed by atoms with E-state index in [1.165, 1.54) is 0 Å². The Morgan fingerprint density at radius 1 is 1.25 bits per heavy atom. The number of amides is 2. The molecule has 3 rings (SSSR count). The summed E-state index contributed by atoms with van der Waals surface area (Å²) in [5.74, 6) is 0.385. The first-order valence-electron chi connectivity index (χ1n) is 10.1. The number of benzene rings is 1. The van der Waals surface area contributed by atoms with Crippen molar-refractivity contribution in [1.82, 2.24) is 15.1 Å². The zero-order valence-corrected chi connectivity index (χ0v) is 17.2. The molecule has 1 aromatic heterocycles. The quantitative estimate of drug-likeness (QED) is 0.732. The van der Waals surface area contributed by atoms with Gasteiger partial charge >= 0.3 is 0 Å². The van der Waals surface area contributed by atoms with Gasteiger partial charge in [-0.3, -0.25) is 14.3 Å². The van der Waals surface area contributed by atoms with Crippen LogP contribution in [0.3, 0.4) is 0 Å². The van der Waals surface area contributed by atoms with E-state index in [2.05, 4.69) is 36.5 Å². The number of carbonyl (C=O) groups is 2. The summed E-state index contributed by atoms with van der Waals surface area (Å²) in [5.41, 5.74) is 4.50. The molecule has 1 aliphatic carbocycles. The molecule has 6 nitrogen and oxygen atoms in total. The molecule has 1 fully saturated rings. The molecule has 1 saturated carbocycles. The molecule has 0 radical (unpaired) electrons. The second-order valence-electron chi connectivity index (χ2n) is 8.10. The third-order valence-electron chi connectivity index (χ3n) is 4.99. The molecule has 6 heteroatoms. The molecule has 1 aliphatic rings. The number of rotatable bonds is 8. The van der Waals surface area contributed by atoms with Crippen molar-refractivity contribution in [3.63, 3.8) is 0 Å². The Labute approximate surface area is 166 Å². The van der Waals surface area contributed by atoms with Gasteiger partial charge in [0.1, 0.15) is 0 Å². The van der Waals surface area contributed by atoms with Gasteiger partial charge in [0.05, 0.1) is 5.69 Å². The van der Waals surface area contributed by atoms with Gasteiger partial charge in [0.15, 0.2) is 0 Å². The van der Waals surface area contributed by atoms with Gasteiger partial charge in [0.2, 0.25) is 5.91 Å². The van der Waals surface area contributed by atoms with Gasteiger partial charge in [0, 0.05) is 36.0 Å². The van der Waals surface area contributed by atoms with Crippen molar-refractivity contribution in [2.45, 2.75) is 66.0 Å². The van der Waals surface area contributed by atoms with Crippen LogP contribution in [-0.4, -0.2) is 27.6 Å². The highest BCUT2D eigenvalue weighted by molar-refractivity contribution is 5.97. The predicted molar refractivity (Wildman–Crippen MR) is 110 cm³/mol. The minimum atomic E-state index is -0.0811. The van der Waals surface area contributed by atoms with Crippen molar-refractivity contribution in [2.75, 3.05) is 5.32 Å². The van der Waals surface area contributed by atoms with Crippen LogP contribution in [0.25, 0.3) is 0 Å². The van der Waals surface area contributed by atoms with Crippen LogP contribution >= 0.6 is 0 Å². The molecule has 0 saturated heterocycles. The number of aromatic nitrogens is 2. The van der Waals surface area contributed by atoms with Crippen LogP contribution in [0.2, 0.25) is 0 Å². The van der Waals surface area contributed by atoms with Crippen LogP contribution in [0.1, 0.15) is 60.4 Å². The molecule has 0 aliphatic heterocycles. The summed E-state index contributed by atoms with van der Waals surface area (Å²) < 4.78 is 2.04. The SMILES string of the molecule is Cc1nn(CC(C)C)c(C)c1CCC(=O)Nc1cccc(C(=O)NC2CC2)c1. The molecule has 150 valence electrons. The lowest BCUT2D eigenvalue weighted by atomic mass is 10.1. The van der Waals surface area contributed by atoms with Gasteiger partial charge in [-0.05, 0) is 62.8 Å². The third kappa shape index (κ3) is 5.21. The average molecular weight is 383 g/mol. The highest BCUT2D eigenvalue weighted by Gasteiger charge is 2.23. The molecule has 0 unspecified atom stereocenters.